The molecule has 0 N–H and O–H groups in total. The van der Waals surface area contributed by atoms with E-state index >= 15 is 0 Å². The van der Waals surface area contributed by atoms with Gasteiger partial charge < -0.3 is 9.64 Å². The van der Waals surface area contributed by atoms with E-state index in [1.165, 1.54) is 0 Å². The molecule has 0 aliphatic carbocycles. The van der Waals surface area contributed by atoms with E-state index in [9.17, 15) is 4.79 Å². The van der Waals surface area contributed by atoms with Crippen molar-refractivity contribution in [2.24, 2.45) is 5.92 Å². The number of carbonyl (C=O) groups is 1. The van der Waals surface area contributed by atoms with Gasteiger partial charge in [0.15, 0.2) is 0 Å². The second-order valence-electron chi connectivity index (χ2n) is 3.70. The van der Waals surface area contributed by atoms with Gasteiger partial charge in [-0.1, -0.05) is 19.4 Å². The summed E-state index contributed by atoms with van der Waals surface area (Å²) in [4.78, 5) is 13.2. The summed E-state index contributed by atoms with van der Waals surface area (Å²) >= 11 is 0. The zero-order valence-electron chi connectivity index (χ0n) is 8.87. The third-order valence-electron chi connectivity index (χ3n) is 2.54. The summed E-state index contributed by atoms with van der Waals surface area (Å²) in [7, 11) is 0. The summed E-state index contributed by atoms with van der Waals surface area (Å²) in [5.41, 5.74) is 0. The Balaban J connectivity index is 2.21. The molecule has 3 nitrogen and oxygen atoms in total. The quantitative estimate of drug-likeness (QED) is 0.511. The standard InChI is InChI=1S/C11H19NO2/c1-3-5-8-14-11(13)12-7-6-10(4-2)9-12/h4,10H,2-3,5-9H2,1H3/t10-/m0/s1. The molecule has 1 amide bonds. The number of hydrogen-bond acceptors (Lipinski definition) is 2. The van der Waals surface area contributed by atoms with E-state index in [1.54, 1.807) is 4.90 Å². The average molecular weight is 197 g/mol. The Kier molecular flexibility index (Phi) is 4.50. The van der Waals surface area contributed by atoms with E-state index in [-0.39, 0.29) is 6.09 Å². The molecule has 3 heteroatoms. The Morgan fingerprint density at radius 3 is 3.07 bits per heavy atom. The summed E-state index contributed by atoms with van der Waals surface area (Å²) < 4.78 is 5.11. The van der Waals surface area contributed by atoms with Gasteiger partial charge in [-0.15, -0.1) is 6.58 Å². The zero-order valence-corrected chi connectivity index (χ0v) is 8.87. The minimum atomic E-state index is -0.164. The Bertz CT molecular complexity index is 203. The summed E-state index contributed by atoms with van der Waals surface area (Å²) in [5, 5.41) is 0. The van der Waals surface area contributed by atoms with Crippen molar-refractivity contribution in [3.8, 4) is 0 Å². The highest BCUT2D eigenvalue weighted by atomic mass is 16.6. The molecule has 0 unspecified atom stereocenters. The van der Waals surface area contributed by atoms with Crippen LogP contribution in [-0.2, 0) is 4.74 Å². The highest BCUT2D eigenvalue weighted by molar-refractivity contribution is 5.67. The summed E-state index contributed by atoms with van der Waals surface area (Å²) in [6.45, 7) is 7.94. The van der Waals surface area contributed by atoms with Gasteiger partial charge in [0.2, 0.25) is 0 Å². The van der Waals surface area contributed by atoms with E-state index < -0.39 is 0 Å². The van der Waals surface area contributed by atoms with Crippen molar-refractivity contribution in [3.63, 3.8) is 0 Å². The molecule has 0 spiro atoms. The van der Waals surface area contributed by atoms with Crippen molar-refractivity contribution in [2.45, 2.75) is 26.2 Å². The van der Waals surface area contributed by atoms with Gasteiger partial charge in [0, 0.05) is 13.1 Å². The molecule has 0 aromatic carbocycles. The number of carbonyl (C=O) groups excluding carboxylic acids is 1. The lowest BCUT2D eigenvalue weighted by molar-refractivity contribution is 0.108. The average Bonchev–Trinajstić information content (AvgIpc) is 2.66. The first-order valence-electron chi connectivity index (χ1n) is 5.32. The molecule has 1 rings (SSSR count). The number of nitrogens with zero attached hydrogens (tertiary/aromatic N) is 1. The SMILES string of the molecule is C=C[C@H]1CCN(C(=O)OCCCC)C1. The topological polar surface area (TPSA) is 29.5 Å². The van der Waals surface area contributed by atoms with Gasteiger partial charge in [0.05, 0.1) is 6.61 Å². The van der Waals surface area contributed by atoms with Gasteiger partial charge in [0.25, 0.3) is 0 Å². The molecule has 1 aliphatic heterocycles. The Morgan fingerprint density at radius 1 is 1.71 bits per heavy atom. The van der Waals surface area contributed by atoms with Gasteiger partial charge in [-0.2, -0.15) is 0 Å². The number of unbranched alkanes of at least 4 members (excludes halogenated alkanes) is 1. The lowest BCUT2D eigenvalue weighted by atomic mass is 10.1. The number of rotatable bonds is 4. The van der Waals surface area contributed by atoms with Crippen LogP contribution >= 0.6 is 0 Å². The fourth-order valence-electron chi connectivity index (χ4n) is 1.54. The number of likely N-dealkylation sites (tertiary alicyclic amines) is 1. The van der Waals surface area contributed by atoms with Crippen molar-refractivity contribution in [1.82, 2.24) is 4.90 Å². The molecule has 1 saturated heterocycles. The van der Waals surface area contributed by atoms with E-state index in [1.807, 2.05) is 6.08 Å². The fraction of sp³-hybridized carbons (Fsp3) is 0.727. The normalized spacial score (nSPS) is 20.9. The van der Waals surface area contributed by atoms with E-state index in [0.717, 1.165) is 32.4 Å². The predicted octanol–water partition coefficient (Wildman–Crippen LogP) is 2.43. The molecule has 1 heterocycles. The highest BCUT2D eigenvalue weighted by Crippen LogP contribution is 2.17. The van der Waals surface area contributed by atoms with Gasteiger partial charge in [0.1, 0.15) is 0 Å². The molecule has 1 atom stereocenters. The van der Waals surface area contributed by atoms with Gasteiger partial charge >= 0.3 is 6.09 Å². The number of amides is 1. The van der Waals surface area contributed by atoms with Crippen molar-refractivity contribution in [3.05, 3.63) is 12.7 Å². The van der Waals surface area contributed by atoms with Crippen molar-refractivity contribution >= 4 is 6.09 Å². The number of hydrogen-bond donors (Lipinski definition) is 0. The molecule has 1 fully saturated rings. The minimum Gasteiger partial charge on any atom is -0.449 e. The highest BCUT2D eigenvalue weighted by Gasteiger charge is 2.24. The van der Waals surface area contributed by atoms with Crippen LogP contribution in [0.15, 0.2) is 12.7 Å². The van der Waals surface area contributed by atoms with Crippen LogP contribution in [0.4, 0.5) is 4.79 Å². The Morgan fingerprint density at radius 2 is 2.50 bits per heavy atom. The summed E-state index contributed by atoms with van der Waals surface area (Å²) in [6.07, 6.45) is 4.78. The summed E-state index contributed by atoms with van der Waals surface area (Å²) in [5.74, 6) is 0.453. The van der Waals surface area contributed by atoms with Crippen LogP contribution in [-0.4, -0.2) is 30.7 Å². The predicted molar refractivity (Wildman–Crippen MR) is 56.1 cm³/mol. The van der Waals surface area contributed by atoms with E-state index in [4.69, 9.17) is 4.74 Å². The smallest absolute Gasteiger partial charge is 0.409 e. The molecule has 0 aromatic rings. The second-order valence-corrected chi connectivity index (χ2v) is 3.70. The van der Waals surface area contributed by atoms with Crippen LogP contribution in [0.1, 0.15) is 26.2 Å². The van der Waals surface area contributed by atoms with Crippen LogP contribution in [0.3, 0.4) is 0 Å². The molecule has 14 heavy (non-hydrogen) atoms. The maximum atomic E-state index is 11.5. The molecular weight excluding hydrogens is 178 g/mol. The molecule has 80 valence electrons. The molecular formula is C11H19NO2. The molecule has 0 saturated carbocycles. The molecule has 0 bridgehead atoms. The summed E-state index contributed by atoms with van der Waals surface area (Å²) in [6, 6.07) is 0. The van der Waals surface area contributed by atoms with Crippen LogP contribution in [0.2, 0.25) is 0 Å². The molecule has 1 aliphatic rings. The first kappa shape index (κ1) is 11.1. The largest absolute Gasteiger partial charge is 0.449 e. The van der Waals surface area contributed by atoms with Gasteiger partial charge in [-0.3, -0.25) is 0 Å². The van der Waals surface area contributed by atoms with E-state index in [2.05, 4.69) is 13.5 Å². The maximum Gasteiger partial charge on any atom is 0.409 e. The zero-order chi connectivity index (χ0) is 10.4. The van der Waals surface area contributed by atoms with Crippen LogP contribution in [0, 0.1) is 5.92 Å². The lowest BCUT2D eigenvalue weighted by Gasteiger charge is -2.15. The first-order chi connectivity index (χ1) is 6.77. The minimum absolute atomic E-state index is 0.164. The molecule has 0 aromatic heterocycles. The first-order valence-corrected chi connectivity index (χ1v) is 5.32. The van der Waals surface area contributed by atoms with Crippen molar-refractivity contribution in [2.75, 3.05) is 19.7 Å². The van der Waals surface area contributed by atoms with Crippen LogP contribution in [0.5, 0.6) is 0 Å². The Labute approximate surface area is 85.7 Å². The molecule has 0 radical (unpaired) electrons. The maximum absolute atomic E-state index is 11.5. The third kappa shape index (κ3) is 3.05. The second kappa shape index (κ2) is 5.68. The van der Waals surface area contributed by atoms with Crippen molar-refractivity contribution in [1.29, 1.82) is 0 Å². The number of ether oxygens (including phenoxy) is 1. The Hall–Kier alpha value is -0.990. The fourth-order valence-corrected chi connectivity index (χ4v) is 1.54. The monoisotopic (exact) mass is 197 g/mol. The third-order valence-corrected chi connectivity index (χ3v) is 2.54. The van der Waals surface area contributed by atoms with Crippen LogP contribution < -0.4 is 0 Å². The van der Waals surface area contributed by atoms with Crippen molar-refractivity contribution < 1.29 is 9.53 Å². The lowest BCUT2D eigenvalue weighted by Crippen LogP contribution is -2.29. The van der Waals surface area contributed by atoms with Gasteiger partial charge in [-0.05, 0) is 18.8 Å². The van der Waals surface area contributed by atoms with Crippen LogP contribution in [0.25, 0.3) is 0 Å². The van der Waals surface area contributed by atoms with Gasteiger partial charge in [-0.25, -0.2) is 4.79 Å². The van der Waals surface area contributed by atoms with E-state index in [0.29, 0.717) is 12.5 Å².